The van der Waals surface area contributed by atoms with E-state index in [0.717, 1.165) is 11.3 Å². The van der Waals surface area contributed by atoms with Crippen molar-refractivity contribution in [2.75, 3.05) is 0 Å². The smallest absolute Gasteiger partial charge is 0.165 e. The van der Waals surface area contributed by atoms with Crippen LogP contribution in [0.1, 0.15) is 11.3 Å². The minimum Gasteiger partial charge on any atom is -0.389 e. The third-order valence-corrected chi connectivity index (χ3v) is 2.10. The zero-order valence-corrected chi connectivity index (χ0v) is 7.88. The Labute approximate surface area is 80.4 Å². The topological polar surface area (TPSA) is 56.2 Å². The lowest BCUT2D eigenvalue weighted by molar-refractivity contribution is 0.913. The summed E-state index contributed by atoms with van der Waals surface area (Å²) >= 11 is 4.90. The van der Waals surface area contributed by atoms with E-state index in [1.165, 1.54) is 6.33 Å². The second kappa shape index (κ2) is 2.77. The first-order valence-electron chi connectivity index (χ1n) is 3.79. The summed E-state index contributed by atoms with van der Waals surface area (Å²) in [5.74, 6) is 0. The van der Waals surface area contributed by atoms with E-state index in [-0.39, 0.29) is 0 Å². The first kappa shape index (κ1) is 8.12. The molecule has 5 heteroatoms. The van der Waals surface area contributed by atoms with Crippen molar-refractivity contribution in [2.24, 2.45) is 5.73 Å². The van der Waals surface area contributed by atoms with E-state index in [1.54, 1.807) is 4.52 Å². The Morgan fingerprint density at radius 1 is 1.54 bits per heavy atom. The lowest BCUT2D eigenvalue weighted by Gasteiger charge is -2.02. The summed E-state index contributed by atoms with van der Waals surface area (Å²) in [5.41, 5.74) is 8.02. The van der Waals surface area contributed by atoms with Gasteiger partial charge in [-0.1, -0.05) is 12.2 Å². The molecule has 4 nitrogen and oxygen atoms in total. The summed E-state index contributed by atoms with van der Waals surface area (Å²) in [7, 11) is 0. The molecule has 0 radical (unpaired) electrons. The second-order valence-electron chi connectivity index (χ2n) is 2.75. The fraction of sp³-hybridized carbons (Fsp3) is 0.125. The van der Waals surface area contributed by atoms with Crippen LogP contribution in [0, 0.1) is 6.92 Å². The van der Waals surface area contributed by atoms with Gasteiger partial charge < -0.3 is 5.73 Å². The van der Waals surface area contributed by atoms with Gasteiger partial charge in [-0.3, -0.25) is 0 Å². The molecule has 0 aliphatic carbocycles. The molecule has 0 unspecified atom stereocenters. The number of aryl methyl sites for hydroxylation is 1. The van der Waals surface area contributed by atoms with Crippen LogP contribution < -0.4 is 5.73 Å². The fourth-order valence-electron chi connectivity index (χ4n) is 1.22. The number of aromatic nitrogens is 3. The fourth-order valence-corrected chi connectivity index (χ4v) is 1.38. The van der Waals surface area contributed by atoms with Crippen molar-refractivity contribution in [1.29, 1.82) is 0 Å². The molecule has 0 atom stereocenters. The molecular weight excluding hydrogens is 184 g/mol. The molecular formula is C8H8N4S. The zero-order valence-electron chi connectivity index (χ0n) is 7.06. The average molecular weight is 192 g/mol. The number of rotatable bonds is 1. The Kier molecular flexibility index (Phi) is 1.73. The lowest BCUT2D eigenvalue weighted by Crippen LogP contribution is -2.12. The highest BCUT2D eigenvalue weighted by molar-refractivity contribution is 7.80. The average Bonchev–Trinajstić information content (AvgIpc) is 2.53. The van der Waals surface area contributed by atoms with Crippen LogP contribution in [0.15, 0.2) is 18.5 Å². The van der Waals surface area contributed by atoms with Gasteiger partial charge >= 0.3 is 0 Å². The van der Waals surface area contributed by atoms with Crippen LogP contribution in [0.2, 0.25) is 0 Å². The summed E-state index contributed by atoms with van der Waals surface area (Å²) in [6.07, 6.45) is 1.49. The maximum absolute atomic E-state index is 5.54. The van der Waals surface area contributed by atoms with Gasteiger partial charge in [-0.05, 0) is 19.1 Å². The van der Waals surface area contributed by atoms with Crippen LogP contribution in [-0.4, -0.2) is 19.6 Å². The Bertz CT molecular complexity index is 474. The van der Waals surface area contributed by atoms with Gasteiger partial charge in [-0.2, -0.15) is 5.10 Å². The number of hydrogen-bond acceptors (Lipinski definition) is 3. The molecule has 2 aromatic heterocycles. The van der Waals surface area contributed by atoms with Crippen molar-refractivity contribution >= 4 is 22.9 Å². The normalized spacial score (nSPS) is 10.5. The van der Waals surface area contributed by atoms with Crippen molar-refractivity contribution in [1.82, 2.24) is 14.6 Å². The number of fused-ring (bicyclic) bond motifs is 1. The highest BCUT2D eigenvalue weighted by atomic mass is 32.1. The summed E-state index contributed by atoms with van der Waals surface area (Å²) in [5, 5.41) is 4.05. The van der Waals surface area contributed by atoms with Crippen molar-refractivity contribution in [2.45, 2.75) is 6.92 Å². The van der Waals surface area contributed by atoms with Crippen molar-refractivity contribution in [3.05, 3.63) is 29.7 Å². The first-order valence-corrected chi connectivity index (χ1v) is 4.20. The van der Waals surface area contributed by atoms with Crippen LogP contribution in [0.25, 0.3) is 5.65 Å². The van der Waals surface area contributed by atoms with Crippen LogP contribution >= 0.6 is 12.2 Å². The number of hydrogen-bond donors (Lipinski definition) is 1. The molecule has 0 aliphatic heterocycles. The van der Waals surface area contributed by atoms with Gasteiger partial charge in [0.25, 0.3) is 0 Å². The summed E-state index contributed by atoms with van der Waals surface area (Å²) in [4.78, 5) is 4.43. The summed E-state index contributed by atoms with van der Waals surface area (Å²) in [6, 6.07) is 3.78. The minimum atomic E-state index is 0.345. The van der Waals surface area contributed by atoms with Gasteiger partial charge in [0.05, 0.1) is 5.56 Å². The Balaban J connectivity index is 2.86. The lowest BCUT2D eigenvalue weighted by atomic mass is 10.2. The predicted octanol–water partition coefficient (Wildman–Crippen LogP) is 0.672. The molecule has 0 saturated heterocycles. The third-order valence-electron chi connectivity index (χ3n) is 1.88. The molecule has 0 spiro atoms. The number of thiocarbonyl (C=S) groups is 1. The standard InChI is InChI=1S/C8H8N4S/c1-5-2-3-6(7(9)13)8-10-4-11-12(5)8/h2-4H,1H3,(H2,9,13). The molecule has 2 rings (SSSR count). The van der Waals surface area contributed by atoms with Crippen LogP contribution in [-0.2, 0) is 0 Å². The monoisotopic (exact) mass is 192 g/mol. The van der Waals surface area contributed by atoms with Crippen LogP contribution in [0.3, 0.4) is 0 Å². The molecule has 13 heavy (non-hydrogen) atoms. The second-order valence-corrected chi connectivity index (χ2v) is 3.19. The molecule has 0 aromatic carbocycles. The van der Waals surface area contributed by atoms with Gasteiger partial charge in [0, 0.05) is 5.69 Å². The molecule has 2 aromatic rings. The van der Waals surface area contributed by atoms with E-state index in [0.29, 0.717) is 10.6 Å². The van der Waals surface area contributed by atoms with Gasteiger partial charge in [0.2, 0.25) is 0 Å². The van der Waals surface area contributed by atoms with E-state index in [9.17, 15) is 0 Å². The van der Waals surface area contributed by atoms with E-state index in [2.05, 4.69) is 10.1 Å². The predicted molar refractivity (Wildman–Crippen MR) is 53.6 cm³/mol. The molecule has 0 fully saturated rings. The Morgan fingerprint density at radius 2 is 2.31 bits per heavy atom. The Hall–Kier alpha value is -1.49. The molecule has 2 N–H and O–H groups in total. The van der Waals surface area contributed by atoms with Gasteiger partial charge in [-0.25, -0.2) is 9.50 Å². The molecule has 0 saturated carbocycles. The zero-order chi connectivity index (χ0) is 9.42. The largest absolute Gasteiger partial charge is 0.389 e. The van der Waals surface area contributed by atoms with E-state index >= 15 is 0 Å². The summed E-state index contributed by atoms with van der Waals surface area (Å²) in [6.45, 7) is 1.95. The van der Waals surface area contributed by atoms with Gasteiger partial charge in [0.15, 0.2) is 5.65 Å². The van der Waals surface area contributed by atoms with E-state index in [4.69, 9.17) is 18.0 Å². The number of nitrogens with two attached hydrogens (primary N) is 1. The van der Waals surface area contributed by atoms with Crippen LogP contribution in [0.4, 0.5) is 0 Å². The SMILES string of the molecule is Cc1ccc(C(N)=S)c2ncnn12. The Morgan fingerprint density at radius 3 is 3.00 bits per heavy atom. The first-order chi connectivity index (χ1) is 6.20. The van der Waals surface area contributed by atoms with E-state index in [1.807, 2.05) is 19.1 Å². The summed E-state index contributed by atoms with van der Waals surface area (Å²) < 4.78 is 1.72. The molecule has 0 amide bonds. The van der Waals surface area contributed by atoms with Crippen molar-refractivity contribution in [3.63, 3.8) is 0 Å². The molecule has 0 aliphatic rings. The molecule has 66 valence electrons. The maximum atomic E-state index is 5.54. The molecule has 0 bridgehead atoms. The van der Waals surface area contributed by atoms with Gasteiger partial charge in [-0.15, -0.1) is 0 Å². The molecule has 2 heterocycles. The van der Waals surface area contributed by atoms with E-state index < -0.39 is 0 Å². The minimum absolute atomic E-state index is 0.345. The number of pyridine rings is 1. The van der Waals surface area contributed by atoms with Crippen LogP contribution in [0.5, 0.6) is 0 Å². The van der Waals surface area contributed by atoms with Gasteiger partial charge in [0.1, 0.15) is 11.3 Å². The quantitative estimate of drug-likeness (QED) is 0.675. The number of nitrogens with zero attached hydrogens (tertiary/aromatic N) is 3. The maximum Gasteiger partial charge on any atom is 0.165 e. The van der Waals surface area contributed by atoms with Crippen molar-refractivity contribution in [3.8, 4) is 0 Å². The highest BCUT2D eigenvalue weighted by Crippen LogP contribution is 2.09. The van der Waals surface area contributed by atoms with Crippen molar-refractivity contribution < 1.29 is 0 Å². The highest BCUT2D eigenvalue weighted by Gasteiger charge is 2.06. The third kappa shape index (κ3) is 1.17.